The topological polar surface area (TPSA) is 110 Å². The first-order chi connectivity index (χ1) is 28.8. The molecule has 1 aliphatic heterocycles. The van der Waals surface area contributed by atoms with Crippen LogP contribution in [0.15, 0.2) is 76.8 Å². The number of hydrogen-bond donors (Lipinski definition) is 2. The number of carbonyl (C=O) groups is 1. The van der Waals surface area contributed by atoms with Crippen LogP contribution in [0.4, 0.5) is 0 Å². The predicted molar refractivity (Wildman–Crippen MR) is 239 cm³/mol. The second-order valence-electron chi connectivity index (χ2n) is 16.6. The molecule has 0 spiro atoms. The molecule has 5 rings (SSSR count). The summed E-state index contributed by atoms with van der Waals surface area (Å²) in [4.78, 5) is 23.2. The molecule has 0 aromatic heterocycles. The van der Waals surface area contributed by atoms with E-state index in [4.69, 9.17) is 24.2 Å². The number of rotatable bonds is 27. The molecule has 0 bridgehead atoms. The molecule has 3 aliphatic rings. The van der Waals surface area contributed by atoms with Crippen molar-refractivity contribution in [1.29, 1.82) is 0 Å². The Balaban J connectivity index is 1.58. The van der Waals surface area contributed by atoms with Gasteiger partial charge < -0.3 is 34.2 Å². The highest BCUT2D eigenvalue weighted by molar-refractivity contribution is 7.98. The number of oxime groups is 1. The van der Waals surface area contributed by atoms with E-state index in [0.717, 1.165) is 85.5 Å². The smallest absolute Gasteiger partial charge is 0.239 e. The number of likely N-dealkylation sites (N-methyl/N-ethyl adjacent to an activating group) is 1. The summed E-state index contributed by atoms with van der Waals surface area (Å²) in [5.74, 6) is 0.901. The molecule has 9 nitrogen and oxygen atoms in total. The summed E-state index contributed by atoms with van der Waals surface area (Å²) in [6, 6.07) is 13.7. The number of thioether (sulfide) groups is 1. The van der Waals surface area contributed by atoms with Crippen LogP contribution in [0.5, 0.6) is 17.2 Å². The van der Waals surface area contributed by atoms with Crippen molar-refractivity contribution in [2.45, 2.75) is 146 Å². The Kier molecular flexibility index (Phi) is 19.2. The Morgan fingerprint density at radius 1 is 0.932 bits per heavy atom. The van der Waals surface area contributed by atoms with E-state index in [9.17, 15) is 15.0 Å². The summed E-state index contributed by atoms with van der Waals surface area (Å²) in [7, 11) is 1.90. The lowest BCUT2D eigenvalue weighted by Crippen LogP contribution is -2.69. The molecule has 1 fully saturated rings. The summed E-state index contributed by atoms with van der Waals surface area (Å²) in [6.45, 7) is 9.17. The monoisotopic (exact) mass is 833 g/mol. The van der Waals surface area contributed by atoms with Crippen LogP contribution < -0.4 is 9.47 Å². The first-order valence-corrected chi connectivity index (χ1v) is 23.9. The number of unbranched alkanes of at least 4 members (excludes halogenated alkanes) is 10. The van der Waals surface area contributed by atoms with E-state index in [-0.39, 0.29) is 49.4 Å². The van der Waals surface area contributed by atoms with E-state index in [2.05, 4.69) is 44.0 Å². The average molecular weight is 833 g/mol. The van der Waals surface area contributed by atoms with Crippen molar-refractivity contribution in [3.8, 4) is 17.2 Å². The van der Waals surface area contributed by atoms with Crippen LogP contribution in [0.25, 0.3) is 0 Å². The Morgan fingerprint density at radius 3 is 2.27 bits per heavy atom. The van der Waals surface area contributed by atoms with Crippen molar-refractivity contribution < 1.29 is 34.1 Å². The highest BCUT2D eigenvalue weighted by Gasteiger charge is 2.65. The molecule has 2 aromatic rings. The van der Waals surface area contributed by atoms with Gasteiger partial charge in [-0.3, -0.25) is 4.79 Å². The lowest BCUT2D eigenvalue weighted by molar-refractivity contribution is -0.255. The predicted octanol–water partition coefficient (Wildman–Crippen LogP) is 11.2. The second-order valence-corrected chi connectivity index (χ2v) is 17.4. The maximum Gasteiger partial charge on any atom is 0.239 e. The molecule has 1 heterocycles. The number of ether oxygens (including phenoxy) is 3. The number of carbonyl (C=O) groups excluding carboxylic acids is 1. The van der Waals surface area contributed by atoms with E-state index in [0.29, 0.717) is 25.9 Å². The molecule has 326 valence electrons. The Bertz CT molecular complexity index is 1660. The Hall–Kier alpha value is -3.31. The molecule has 59 heavy (non-hydrogen) atoms. The van der Waals surface area contributed by atoms with Crippen molar-refractivity contribution in [2.24, 2.45) is 22.9 Å². The zero-order chi connectivity index (χ0) is 42.0. The first kappa shape index (κ1) is 46.8. The summed E-state index contributed by atoms with van der Waals surface area (Å²) < 4.78 is 20.9. The van der Waals surface area contributed by atoms with Gasteiger partial charge in [0.25, 0.3) is 0 Å². The van der Waals surface area contributed by atoms with Crippen LogP contribution in [0.2, 0.25) is 0 Å². The van der Waals surface area contributed by atoms with Crippen LogP contribution in [0.3, 0.4) is 0 Å². The van der Waals surface area contributed by atoms with Crippen molar-refractivity contribution in [3.05, 3.63) is 72.3 Å². The number of allylic oxidation sites excluding steroid dienone is 1. The zero-order valence-corrected chi connectivity index (χ0v) is 37.2. The Morgan fingerprint density at radius 2 is 1.61 bits per heavy atom. The largest absolute Gasteiger partial charge is 0.459 e. The third-order valence-electron chi connectivity index (χ3n) is 12.6. The molecule has 0 saturated heterocycles. The number of amides is 1. The van der Waals surface area contributed by atoms with E-state index in [1.54, 1.807) is 17.8 Å². The number of aliphatic hydroxyl groups excluding tert-OH is 2. The number of aliphatic hydroxyl groups is 2. The van der Waals surface area contributed by atoms with Gasteiger partial charge >= 0.3 is 0 Å². The second kappa shape index (κ2) is 24.2. The zero-order valence-electron chi connectivity index (χ0n) is 36.4. The molecule has 10 heteroatoms. The average Bonchev–Trinajstić information content (AvgIpc) is 3.25. The van der Waals surface area contributed by atoms with Gasteiger partial charge in [0.2, 0.25) is 11.7 Å². The lowest BCUT2D eigenvalue weighted by atomic mass is 9.55. The van der Waals surface area contributed by atoms with E-state index in [1.165, 1.54) is 43.4 Å². The normalized spacial score (nSPS) is 23.8. The minimum atomic E-state index is -1.24. The van der Waals surface area contributed by atoms with Crippen LogP contribution in [-0.4, -0.2) is 78.3 Å². The van der Waals surface area contributed by atoms with Gasteiger partial charge in [0.05, 0.1) is 18.2 Å². The van der Waals surface area contributed by atoms with Crippen LogP contribution >= 0.6 is 11.8 Å². The summed E-state index contributed by atoms with van der Waals surface area (Å²) in [6.07, 6.45) is 22.7. The van der Waals surface area contributed by atoms with E-state index < -0.39 is 11.8 Å². The summed E-state index contributed by atoms with van der Waals surface area (Å²) >= 11 is 1.69. The van der Waals surface area contributed by atoms with Crippen molar-refractivity contribution in [3.63, 3.8) is 0 Å². The minimum Gasteiger partial charge on any atom is -0.459 e. The fourth-order valence-electron chi connectivity index (χ4n) is 9.65. The van der Waals surface area contributed by atoms with E-state index in [1.807, 2.05) is 43.1 Å². The molecule has 1 saturated carbocycles. The molecule has 2 N–H and O–H groups in total. The number of benzene rings is 2. The van der Waals surface area contributed by atoms with Gasteiger partial charge in [0.1, 0.15) is 29.9 Å². The van der Waals surface area contributed by atoms with Crippen molar-refractivity contribution >= 4 is 23.4 Å². The maximum atomic E-state index is 14.3. The molecule has 0 radical (unpaired) electrons. The molecule has 6 atom stereocenters. The van der Waals surface area contributed by atoms with Gasteiger partial charge in [0, 0.05) is 49.5 Å². The minimum absolute atomic E-state index is 0.0714. The summed E-state index contributed by atoms with van der Waals surface area (Å²) in [5.41, 5.74) is 2.90. The maximum absolute atomic E-state index is 14.3. The highest BCUT2D eigenvalue weighted by atomic mass is 32.2. The number of fused-ring (bicyclic) bond motifs is 2. The van der Waals surface area contributed by atoms with Gasteiger partial charge in [-0.1, -0.05) is 88.4 Å². The van der Waals surface area contributed by atoms with Gasteiger partial charge in [-0.05, 0) is 105 Å². The molecule has 2 aromatic carbocycles. The standard InChI is InChI=1S/C49H72N2O7S/c1-6-9-10-11-12-13-14-15-16-23-46(54)51(4)45-35-43(50-56-8-3)41-33-36(21-17-19-30-52)40(22-18-20-31-53)47-42-34-38(57-37-24-27-39(59-5)28-25-37)26-29-44(42)58-49(45,48(41)47)55-32-7-2/h7,24-29,33-34,36,40,45,47-48,52-53H,2,6,8-23,30-32,35H2,1,3-5H3. The SMILES string of the molecule is C=CCOC12Oc3ccc(Oc4ccc(SC)cc4)cc3C3C(CCCCO)C(CCCCO)C=C(C(=NOCC)CC1N(C)C(=O)CCCCCCCCCCC)C32. The quantitative estimate of drug-likeness (QED) is 0.0396. The molecule has 1 amide bonds. The molecular weight excluding hydrogens is 761 g/mol. The molecule has 2 aliphatic carbocycles. The van der Waals surface area contributed by atoms with E-state index >= 15 is 0 Å². The number of nitrogens with zero attached hydrogens (tertiary/aromatic N) is 2. The van der Waals surface area contributed by atoms with Crippen LogP contribution in [0.1, 0.15) is 134 Å². The third kappa shape index (κ3) is 12.0. The Labute approximate surface area is 359 Å². The van der Waals surface area contributed by atoms with Crippen LogP contribution in [0, 0.1) is 17.8 Å². The highest BCUT2D eigenvalue weighted by Crippen LogP contribution is 2.62. The fourth-order valence-corrected chi connectivity index (χ4v) is 10.1. The molecule has 6 unspecified atom stereocenters. The number of hydrogen-bond acceptors (Lipinski definition) is 9. The van der Waals surface area contributed by atoms with Gasteiger partial charge in [0.15, 0.2) is 0 Å². The first-order valence-electron chi connectivity index (χ1n) is 22.6. The lowest BCUT2D eigenvalue weighted by Gasteiger charge is -2.59. The third-order valence-corrected chi connectivity index (χ3v) is 13.3. The van der Waals surface area contributed by atoms with Crippen molar-refractivity contribution in [1.82, 2.24) is 4.90 Å². The van der Waals surface area contributed by atoms with Gasteiger partial charge in [-0.2, -0.15) is 0 Å². The van der Waals surface area contributed by atoms with Gasteiger partial charge in [-0.25, -0.2) is 0 Å². The van der Waals surface area contributed by atoms with Gasteiger partial charge in [-0.15, -0.1) is 18.3 Å². The van der Waals surface area contributed by atoms with Crippen molar-refractivity contribution in [2.75, 3.05) is 39.7 Å². The van der Waals surface area contributed by atoms with Crippen LogP contribution in [-0.2, 0) is 14.4 Å². The molecular formula is C49H72N2O7S. The summed E-state index contributed by atoms with van der Waals surface area (Å²) in [5, 5.41) is 24.6. The fraction of sp³-hybridized carbons (Fsp3) is 0.633.